The van der Waals surface area contributed by atoms with Crippen molar-refractivity contribution in [3.8, 4) is 11.5 Å². The summed E-state index contributed by atoms with van der Waals surface area (Å²) in [5.74, 6) is -0.583. The van der Waals surface area contributed by atoms with Crippen molar-refractivity contribution in [2.45, 2.75) is 13.3 Å². The number of primary amides is 1. The summed E-state index contributed by atoms with van der Waals surface area (Å²) >= 11 is 0. The highest BCUT2D eigenvalue weighted by Gasteiger charge is 2.22. The second-order valence-corrected chi connectivity index (χ2v) is 3.49. The molecule has 0 aliphatic heterocycles. The standard InChI is InChI=1S/C11H14N2O5.ClH/c1-3-4-18-10-6-9(17-2)7(11(12)14)5-8(10)13(15)16;/h5-6H,3-4H2,1-2H3,(H2,12,14);1H. The van der Waals surface area contributed by atoms with Crippen LogP contribution in [0.2, 0.25) is 0 Å². The van der Waals surface area contributed by atoms with E-state index < -0.39 is 10.8 Å². The number of hydrogen-bond donors (Lipinski definition) is 1. The Hall–Kier alpha value is -2.02. The molecule has 0 aromatic heterocycles. The minimum absolute atomic E-state index is 0. The second-order valence-electron chi connectivity index (χ2n) is 3.49. The number of amides is 1. The zero-order chi connectivity index (χ0) is 13.7. The van der Waals surface area contributed by atoms with Gasteiger partial charge in [-0.2, -0.15) is 0 Å². The second kappa shape index (κ2) is 7.42. The number of nitro benzene ring substituents is 1. The largest absolute Gasteiger partial charge is 0.496 e. The van der Waals surface area contributed by atoms with Crippen molar-refractivity contribution in [1.29, 1.82) is 0 Å². The molecule has 7 nitrogen and oxygen atoms in total. The lowest BCUT2D eigenvalue weighted by molar-refractivity contribution is -0.385. The van der Waals surface area contributed by atoms with E-state index in [2.05, 4.69) is 0 Å². The van der Waals surface area contributed by atoms with Gasteiger partial charge in [0, 0.05) is 12.1 Å². The van der Waals surface area contributed by atoms with Crippen LogP contribution in [-0.4, -0.2) is 24.5 Å². The number of ether oxygens (including phenoxy) is 2. The van der Waals surface area contributed by atoms with E-state index in [4.69, 9.17) is 15.2 Å². The molecule has 0 atom stereocenters. The van der Waals surface area contributed by atoms with Gasteiger partial charge in [0.2, 0.25) is 5.75 Å². The van der Waals surface area contributed by atoms with Crippen LogP contribution in [0.5, 0.6) is 11.5 Å². The molecule has 8 heteroatoms. The van der Waals surface area contributed by atoms with Crippen LogP contribution < -0.4 is 15.2 Å². The molecule has 1 amide bonds. The Labute approximate surface area is 116 Å². The molecular formula is C11H15ClN2O5. The zero-order valence-electron chi connectivity index (χ0n) is 10.5. The van der Waals surface area contributed by atoms with Crippen molar-refractivity contribution in [2.24, 2.45) is 5.73 Å². The molecule has 0 heterocycles. The smallest absolute Gasteiger partial charge is 0.312 e. The van der Waals surface area contributed by atoms with Crippen molar-refractivity contribution < 1.29 is 19.2 Å². The fourth-order valence-electron chi connectivity index (χ4n) is 1.38. The van der Waals surface area contributed by atoms with E-state index in [9.17, 15) is 14.9 Å². The molecule has 0 radical (unpaired) electrons. The number of halogens is 1. The third kappa shape index (κ3) is 3.99. The van der Waals surface area contributed by atoms with Crippen LogP contribution in [0.4, 0.5) is 5.69 Å². The first-order valence-electron chi connectivity index (χ1n) is 5.30. The summed E-state index contributed by atoms with van der Waals surface area (Å²) in [6.45, 7) is 2.21. The normalized spacial score (nSPS) is 9.37. The average Bonchev–Trinajstić information content (AvgIpc) is 2.34. The van der Waals surface area contributed by atoms with Crippen LogP contribution >= 0.6 is 12.4 Å². The van der Waals surface area contributed by atoms with Gasteiger partial charge in [0.05, 0.1) is 24.2 Å². The van der Waals surface area contributed by atoms with Crippen LogP contribution in [-0.2, 0) is 0 Å². The van der Waals surface area contributed by atoms with Gasteiger partial charge in [0.1, 0.15) is 5.75 Å². The molecule has 0 saturated carbocycles. The number of carbonyl (C=O) groups excluding carboxylic acids is 1. The highest BCUT2D eigenvalue weighted by atomic mass is 35.5. The van der Waals surface area contributed by atoms with Crippen LogP contribution in [0.1, 0.15) is 23.7 Å². The van der Waals surface area contributed by atoms with E-state index in [1.165, 1.54) is 13.2 Å². The molecule has 0 fully saturated rings. The summed E-state index contributed by atoms with van der Waals surface area (Å²) in [6, 6.07) is 2.36. The maximum Gasteiger partial charge on any atom is 0.312 e. The monoisotopic (exact) mass is 290 g/mol. The molecule has 2 N–H and O–H groups in total. The topological polar surface area (TPSA) is 105 Å². The first-order valence-corrected chi connectivity index (χ1v) is 5.30. The van der Waals surface area contributed by atoms with E-state index >= 15 is 0 Å². The van der Waals surface area contributed by atoms with Gasteiger partial charge in [-0.3, -0.25) is 14.9 Å². The summed E-state index contributed by atoms with van der Waals surface area (Å²) in [5.41, 5.74) is 4.77. The number of carbonyl (C=O) groups is 1. The first-order chi connectivity index (χ1) is 8.51. The fourth-order valence-corrected chi connectivity index (χ4v) is 1.38. The quantitative estimate of drug-likeness (QED) is 0.636. The lowest BCUT2D eigenvalue weighted by Gasteiger charge is -2.10. The number of nitrogens with zero attached hydrogens (tertiary/aromatic N) is 1. The van der Waals surface area contributed by atoms with Crippen molar-refractivity contribution in [1.82, 2.24) is 0 Å². The summed E-state index contributed by atoms with van der Waals surface area (Å²) in [6.07, 6.45) is 0.705. The predicted octanol–water partition coefficient (Wildman–Crippen LogP) is 1.91. The van der Waals surface area contributed by atoms with Crippen LogP contribution in [0.15, 0.2) is 12.1 Å². The van der Waals surface area contributed by atoms with E-state index in [0.717, 1.165) is 6.07 Å². The lowest BCUT2D eigenvalue weighted by atomic mass is 10.1. The maximum atomic E-state index is 11.2. The van der Waals surface area contributed by atoms with Gasteiger partial charge in [0.25, 0.3) is 5.91 Å². The fraction of sp³-hybridized carbons (Fsp3) is 0.364. The Kier molecular flexibility index (Phi) is 6.63. The number of nitro groups is 1. The van der Waals surface area contributed by atoms with Crippen LogP contribution in [0.3, 0.4) is 0 Å². The Morgan fingerprint density at radius 2 is 2.05 bits per heavy atom. The van der Waals surface area contributed by atoms with Crippen molar-refractivity contribution in [2.75, 3.05) is 13.7 Å². The Bertz CT molecular complexity index is 478. The lowest BCUT2D eigenvalue weighted by Crippen LogP contribution is -2.13. The molecule has 0 spiro atoms. The molecule has 106 valence electrons. The average molecular weight is 291 g/mol. The number of hydrogen-bond acceptors (Lipinski definition) is 5. The summed E-state index contributed by atoms with van der Waals surface area (Å²) in [4.78, 5) is 21.4. The number of benzene rings is 1. The molecule has 0 aliphatic carbocycles. The molecule has 0 aliphatic rings. The third-order valence-corrected chi connectivity index (χ3v) is 2.20. The van der Waals surface area contributed by atoms with E-state index in [1.54, 1.807) is 0 Å². The van der Waals surface area contributed by atoms with Gasteiger partial charge in [-0.1, -0.05) is 6.92 Å². The molecule has 1 aromatic carbocycles. The van der Waals surface area contributed by atoms with E-state index in [1.807, 2.05) is 6.92 Å². The van der Waals surface area contributed by atoms with Gasteiger partial charge >= 0.3 is 5.69 Å². The highest BCUT2D eigenvalue weighted by molar-refractivity contribution is 5.96. The molecule has 1 aromatic rings. The number of rotatable bonds is 6. The molecule has 0 unspecified atom stereocenters. The van der Waals surface area contributed by atoms with Crippen molar-refractivity contribution >= 4 is 24.0 Å². The minimum Gasteiger partial charge on any atom is -0.496 e. The predicted molar refractivity (Wildman–Crippen MR) is 71.2 cm³/mol. The van der Waals surface area contributed by atoms with E-state index in [-0.39, 0.29) is 35.2 Å². The third-order valence-electron chi connectivity index (χ3n) is 2.20. The number of methoxy groups -OCH3 is 1. The van der Waals surface area contributed by atoms with Gasteiger partial charge < -0.3 is 15.2 Å². The molecular weight excluding hydrogens is 276 g/mol. The minimum atomic E-state index is -0.794. The maximum absolute atomic E-state index is 11.2. The van der Waals surface area contributed by atoms with Gasteiger partial charge in [-0.05, 0) is 6.42 Å². The molecule has 0 bridgehead atoms. The summed E-state index contributed by atoms with van der Waals surface area (Å²) in [7, 11) is 1.34. The Morgan fingerprint density at radius 1 is 1.42 bits per heavy atom. The zero-order valence-corrected chi connectivity index (χ0v) is 11.4. The van der Waals surface area contributed by atoms with E-state index in [0.29, 0.717) is 13.0 Å². The summed E-state index contributed by atoms with van der Waals surface area (Å²) in [5, 5.41) is 10.9. The van der Waals surface area contributed by atoms with Gasteiger partial charge in [-0.25, -0.2) is 0 Å². The molecule has 0 saturated heterocycles. The van der Waals surface area contributed by atoms with Crippen LogP contribution in [0.25, 0.3) is 0 Å². The number of nitrogens with two attached hydrogens (primary N) is 1. The Morgan fingerprint density at radius 3 is 2.47 bits per heavy atom. The van der Waals surface area contributed by atoms with Gasteiger partial charge in [0.15, 0.2) is 0 Å². The van der Waals surface area contributed by atoms with Crippen LogP contribution in [0, 0.1) is 10.1 Å². The molecule has 1 rings (SSSR count). The SMILES string of the molecule is CCCOc1cc(OC)c(C(N)=O)cc1[N+](=O)[O-].Cl. The Balaban J connectivity index is 0.00000324. The highest BCUT2D eigenvalue weighted by Crippen LogP contribution is 2.34. The van der Waals surface area contributed by atoms with Gasteiger partial charge in [-0.15, -0.1) is 12.4 Å². The van der Waals surface area contributed by atoms with Crippen molar-refractivity contribution in [3.05, 3.63) is 27.8 Å². The molecule has 19 heavy (non-hydrogen) atoms. The summed E-state index contributed by atoms with van der Waals surface area (Å²) < 4.78 is 10.2. The first kappa shape index (κ1) is 17.0. The van der Waals surface area contributed by atoms with Crippen molar-refractivity contribution in [3.63, 3.8) is 0 Å².